The van der Waals surface area contributed by atoms with Crippen molar-refractivity contribution in [3.8, 4) is 11.5 Å². The molecule has 0 radical (unpaired) electrons. The zero-order valence-corrected chi connectivity index (χ0v) is 29.6. The van der Waals surface area contributed by atoms with Gasteiger partial charge in [-0.2, -0.15) is 4.89 Å². The minimum atomic E-state index is -0.0112. The number of benzene rings is 2. The molecule has 3 heteroatoms. The van der Waals surface area contributed by atoms with Crippen LogP contribution in [0.1, 0.15) is 130 Å². The van der Waals surface area contributed by atoms with Crippen LogP contribution in [-0.4, -0.2) is 13.7 Å². The number of methoxy groups -OCH3 is 1. The van der Waals surface area contributed by atoms with Crippen LogP contribution < -0.4 is 9.62 Å². The average Bonchev–Trinajstić information content (AvgIpc) is 3.41. The Morgan fingerprint density at radius 2 is 1.56 bits per heavy atom. The molecule has 4 saturated carbocycles. The molecular formula is C42H62O3. The van der Waals surface area contributed by atoms with Crippen molar-refractivity contribution in [1.82, 2.24) is 0 Å². The van der Waals surface area contributed by atoms with E-state index in [1.54, 1.807) is 7.11 Å². The highest BCUT2D eigenvalue weighted by atomic mass is 17.2. The third-order valence-corrected chi connectivity index (χ3v) is 14.3. The van der Waals surface area contributed by atoms with Gasteiger partial charge in [0.2, 0.25) is 0 Å². The lowest BCUT2D eigenvalue weighted by Crippen LogP contribution is -2.55. The molecule has 4 fully saturated rings. The van der Waals surface area contributed by atoms with E-state index in [0.717, 1.165) is 52.9 Å². The summed E-state index contributed by atoms with van der Waals surface area (Å²) in [5, 5.41) is 0. The monoisotopic (exact) mass is 614 g/mol. The zero-order valence-electron chi connectivity index (χ0n) is 29.6. The lowest BCUT2D eigenvalue weighted by molar-refractivity contribution is -0.202. The molecule has 4 aliphatic carbocycles. The smallest absolute Gasteiger partial charge is 0.165 e. The first-order chi connectivity index (χ1) is 21.6. The Kier molecular flexibility index (Phi) is 9.69. The first-order valence-electron chi connectivity index (χ1n) is 18.7. The van der Waals surface area contributed by atoms with Crippen molar-refractivity contribution in [1.29, 1.82) is 0 Å². The van der Waals surface area contributed by atoms with Crippen molar-refractivity contribution in [2.45, 2.75) is 124 Å². The van der Waals surface area contributed by atoms with Crippen molar-refractivity contribution in [3.63, 3.8) is 0 Å². The van der Waals surface area contributed by atoms with E-state index < -0.39 is 0 Å². The Labute approximate surface area is 275 Å². The van der Waals surface area contributed by atoms with Crippen molar-refractivity contribution in [2.24, 2.45) is 52.3 Å². The fourth-order valence-electron chi connectivity index (χ4n) is 11.9. The third-order valence-electron chi connectivity index (χ3n) is 14.3. The summed E-state index contributed by atoms with van der Waals surface area (Å²) in [6, 6.07) is 17.7. The first kappa shape index (κ1) is 32.9. The van der Waals surface area contributed by atoms with Gasteiger partial charge in [0.25, 0.3) is 0 Å². The topological polar surface area (TPSA) is 27.7 Å². The van der Waals surface area contributed by atoms with E-state index in [4.69, 9.17) is 14.5 Å². The Morgan fingerprint density at radius 1 is 0.778 bits per heavy atom. The van der Waals surface area contributed by atoms with Crippen LogP contribution in [0.25, 0.3) is 0 Å². The second kappa shape index (κ2) is 13.2. The van der Waals surface area contributed by atoms with E-state index in [1.165, 1.54) is 88.2 Å². The van der Waals surface area contributed by atoms with E-state index in [1.807, 2.05) is 6.92 Å². The lowest BCUT2D eigenvalue weighted by atomic mass is 9.42. The van der Waals surface area contributed by atoms with Crippen molar-refractivity contribution < 1.29 is 14.5 Å². The van der Waals surface area contributed by atoms with Gasteiger partial charge >= 0.3 is 0 Å². The second-order valence-electron chi connectivity index (χ2n) is 16.7. The highest BCUT2D eigenvalue weighted by molar-refractivity contribution is 5.45. The minimum Gasteiger partial charge on any atom is -0.497 e. The van der Waals surface area contributed by atoms with Crippen molar-refractivity contribution >= 4 is 0 Å². The molecular weight excluding hydrogens is 552 g/mol. The lowest BCUT2D eigenvalue weighted by Gasteiger charge is -2.63. The highest BCUT2D eigenvalue weighted by Gasteiger charge is 2.62. The number of rotatable bonds is 11. The third kappa shape index (κ3) is 5.98. The number of hydrogen-bond donors (Lipinski definition) is 0. The standard InChI is InChI=1S/C42H62O3/c1-8-44-45-34-18-15-31(16-19-34)42(32-13-10-14-35(27-32)43-7)26-25-40(5)33(28-42)17-20-36-38-22-21-37(30(4)12-9-11-29(2)3)41(38,6)24-23-39(36)40/h10,13-16,18-19,27,29-30,33,36-39H,8-9,11-12,17,20-26,28H2,1-7H3. The predicted octanol–water partition coefficient (Wildman–Crippen LogP) is 11.4. The van der Waals surface area contributed by atoms with Crippen LogP contribution in [0.4, 0.5) is 0 Å². The summed E-state index contributed by atoms with van der Waals surface area (Å²) in [7, 11) is 1.79. The van der Waals surface area contributed by atoms with Gasteiger partial charge in [-0.15, -0.1) is 0 Å². The van der Waals surface area contributed by atoms with Crippen molar-refractivity contribution in [3.05, 3.63) is 59.7 Å². The van der Waals surface area contributed by atoms with Crippen LogP contribution >= 0.6 is 0 Å². The molecule has 0 saturated heterocycles. The van der Waals surface area contributed by atoms with Crippen LogP contribution in [0.3, 0.4) is 0 Å². The van der Waals surface area contributed by atoms with E-state index in [9.17, 15) is 0 Å². The SMILES string of the molecule is CCOOc1ccc(C2(c3cccc(OC)c3)CCC3(C)C(CCC4C3CCC3(C)C(C(C)CCCC(C)C)CCC43)C2)cc1. The summed E-state index contributed by atoms with van der Waals surface area (Å²) in [5.41, 5.74) is 3.80. The van der Waals surface area contributed by atoms with E-state index >= 15 is 0 Å². The maximum Gasteiger partial charge on any atom is 0.165 e. The number of ether oxygens (including phenoxy) is 1. The molecule has 0 heterocycles. The maximum atomic E-state index is 5.76. The van der Waals surface area contributed by atoms with Gasteiger partial charge in [0.15, 0.2) is 5.75 Å². The van der Waals surface area contributed by atoms with Gasteiger partial charge in [0.1, 0.15) is 5.75 Å². The number of hydrogen-bond acceptors (Lipinski definition) is 3. The second-order valence-corrected chi connectivity index (χ2v) is 16.7. The van der Waals surface area contributed by atoms with Crippen LogP contribution in [0.15, 0.2) is 48.5 Å². The quantitative estimate of drug-likeness (QED) is 0.186. The summed E-state index contributed by atoms with van der Waals surface area (Å²) >= 11 is 0. The molecule has 9 unspecified atom stereocenters. The Balaban J connectivity index is 1.24. The fourth-order valence-corrected chi connectivity index (χ4v) is 11.9. The Hall–Kier alpha value is -2.00. The molecule has 248 valence electrons. The van der Waals surface area contributed by atoms with Gasteiger partial charge in [-0.05, 0) is 152 Å². The molecule has 9 atom stereocenters. The molecule has 0 spiro atoms. The van der Waals surface area contributed by atoms with Gasteiger partial charge in [-0.1, -0.05) is 78.1 Å². The Morgan fingerprint density at radius 3 is 2.29 bits per heavy atom. The largest absolute Gasteiger partial charge is 0.497 e. The molecule has 0 amide bonds. The molecule has 0 N–H and O–H groups in total. The summed E-state index contributed by atoms with van der Waals surface area (Å²) in [6.45, 7) is 15.3. The number of fused-ring (bicyclic) bond motifs is 5. The van der Waals surface area contributed by atoms with Crippen LogP contribution in [0.2, 0.25) is 0 Å². The first-order valence-corrected chi connectivity index (χ1v) is 18.7. The molecule has 4 aliphatic rings. The fraction of sp³-hybridized carbons (Fsp3) is 0.714. The molecule has 0 aromatic heterocycles. The van der Waals surface area contributed by atoms with Crippen LogP contribution in [-0.2, 0) is 10.3 Å². The minimum absolute atomic E-state index is 0.0112. The molecule has 2 aromatic rings. The predicted molar refractivity (Wildman–Crippen MR) is 186 cm³/mol. The summed E-state index contributed by atoms with van der Waals surface area (Å²) in [4.78, 5) is 10.8. The van der Waals surface area contributed by atoms with E-state index in [2.05, 4.69) is 83.1 Å². The van der Waals surface area contributed by atoms with Crippen molar-refractivity contribution in [2.75, 3.05) is 13.7 Å². The molecule has 0 bridgehead atoms. The molecule has 0 aliphatic heterocycles. The highest BCUT2D eigenvalue weighted by Crippen LogP contribution is 2.70. The van der Waals surface area contributed by atoms with Crippen LogP contribution in [0, 0.1) is 52.3 Å². The summed E-state index contributed by atoms with van der Waals surface area (Å²) < 4.78 is 5.76. The normalized spacial score (nSPS) is 36.6. The summed E-state index contributed by atoms with van der Waals surface area (Å²) in [5.74, 6) is 7.88. The van der Waals surface area contributed by atoms with Gasteiger partial charge in [-0.3, -0.25) is 0 Å². The average molecular weight is 615 g/mol. The maximum absolute atomic E-state index is 5.76. The van der Waals surface area contributed by atoms with Gasteiger partial charge in [0, 0.05) is 5.41 Å². The molecule has 2 aromatic carbocycles. The molecule has 6 rings (SSSR count). The Bertz CT molecular complexity index is 1270. The molecule has 3 nitrogen and oxygen atoms in total. The van der Waals surface area contributed by atoms with Gasteiger partial charge < -0.3 is 9.62 Å². The van der Waals surface area contributed by atoms with E-state index in [0.29, 0.717) is 17.4 Å². The zero-order chi connectivity index (χ0) is 31.8. The van der Waals surface area contributed by atoms with Gasteiger partial charge in [-0.25, -0.2) is 0 Å². The van der Waals surface area contributed by atoms with Crippen LogP contribution in [0.5, 0.6) is 11.5 Å². The van der Waals surface area contributed by atoms with Gasteiger partial charge in [0.05, 0.1) is 13.7 Å². The van der Waals surface area contributed by atoms with E-state index in [-0.39, 0.29) is 5.41 Å². The summed E-state index contributed by atoms with van der Waals surface area (Å²) in [6.07, 6.45) is 16.7. The molecule has 45 heavy (non-hydrogen) atoms.